The molecule has 1 fully saturated rings. The minimum absolute atomic E-state index is 0.00724. The normalized spacial score (nSPS) is 20.7. The fourth-order valence-corrected chi connectivity index (χ4v) is 5.98. The molecule has 2 aromatic carbocycles. The van der Waals surface area contributed by atoms with Gasteiger partial charge in [0.25, 0.3) is 5.91 Å². The lowest BCUT2D eigenvalue weighted by atomic mass is 9.92. The van der Waals surface area contributed by atoms with Crippen molar-refractivity contribution >= 4 is 29.1 Å². The van der Waals surface area contributed by atoms with Crippen LogP contribution in [0.2, 0.25) is 0 Å². The first kappa shape index (κ1) is 23.1. The third-order valence-electron chi connectivity index (χ3n) is 6.26. The maximum Gasteiger partial charge on any atom is 0.251 e. The van der Waals surface area contributed by atoms with E-state index >= 15 is 0 Å². The van der Waals surface area contributed by atoms with Crippen LogP contribution in [0.4, 0.5) is 5.69 Å². The van der Waals surface area contributed by atoms with Crippen molar-refractivity contribution in [1.82, 2.24) is 10.2 Å². The highest BCUT2D eigenvalue weighted by Gasteiger charge is 2.21. The summed E-state index contributed by atoms with van der Waals surface area (Å²) < 4.78 is 0. The van der Waals surface area contributed by atoms with E-state index in [-0.39, 0.29) is 5.91 Å². The van der Waals surface area contributed by atoms with Gasteiger partial charge in [0.2, 0.25) is 0 Å². The SMILES string of the molecule is CCCC1=Nc2cc(C(=O)NCCCN3C[C@H](C)C[C@@H](C)C3)ccc2Sc2ccccc21. The zero-order valence-electron chi connectivity index (χ0n) is 19.6. The zero-order chi connectivity index (χ0) is 22.5. The van der Waals surface area contributed by atoms with Gasteiger partial charge in [-0.3, -0.25) is 9.79 Å². The van der Waals surface area contributed by atoms with Gasteiger partial charge in [-0.1, -0.05) is 57.2 Å². The lowest BCUT2D eigenvalue weighted by Crippen LogP contribution is -2.40. The molecule has 1 saturated heterocycles. The molecule has 4 rings (SSSR count). The fourth-order valence-electron chi connectivity index (χ4n) is 4.96. The van der Waals surface area contributed by atoms with Crippen molar-refractivity contribution in [3.8, 4) is 0 Å². The molecule has 32 heavy (non-hydrogen) atoms. The lowest BCUT2D eigenvalue weighted by Gasteiger charge is -2.34. The predicted molar refractivity (Wildman–Crippen MR) is 134 cm³/mol. The van der Waals surface area contributed by atoms with Crippen molar-refractivity contribution in [2.45, 2.75) is 56.2 Å². The van der Waals surface area contributed by atoms with Gasteiger partial charge in [0.1, 0.15) is 0 Å². The number of carbonyl (C=O) groups is 1. The number of carbonyl (C=O) groups excluding carboxylic acids is 1. The minimum atomic E-state index is -0.00724. The van der Waals surface area contributed by atoms with Crippen molar-refractivity contribution in [3.63, 3.8) is 0 Å². The number of rotatable bonds is 7. The highest BCUT2D eigenvalue weighted by atomic mass is 32.2. The van der Waals surface area contributed by atoms with E-state index in [0.29, 0.717) is 12.1 Å². The monoisotopic (exact) mass is 449 g/mol. The number of likely N-dealkylation sites (tertiary alicyclic amines) is 1. The molecule has 4 nitrogen and oxygen atoms in total. The van der Waals surface area contributed by atoms with Crippen molar-refractivity contribution in [3.05, 3.63) is 53.6 Å². The van der Waals surface area contributed by atoms with E-state index in [1.165, 1.54) is 30.0 Å². The summed E-state index contributed by atoms with van der Waals surface area (Å²) in [5.74, 6) is 1.54. The van der Waals surface area contributed by atoms with Crippen LogP contribution < -0.4 is 5.32 Å². The Morgan fingerprint density at radius 1 is 1.12 bits per heavy atom. The Balaban J connectivity index is 1.40. The molecular weight excluding hydrogens is 414 g/mol. The Kier molecular flexibility index (Phi) is 7.69. The molecule has 5 heteroatoms. The van der Waals surface area contributed by atoms with E-state index in [2.05, 4.69) is 55.3 Å². The van der Waals surface area contributed by atoms with Crippen LogP contribution in [0.15, 0.2) is 57.2 Å². The predicted octanol–water partition coefficient (Wildman–Crippen LogP) is 6.17. The maximum absolute atomic E-state index is 12.8. The molecule has 1 N–H and O–H groups in total. The first-order valence-electron chi connectivity index (χ1n) is 12.0. The molecular formula is C27H35N3OS. The van der Waals surface area contributed by atoms with Crippen LogP contribution in [0.1, 0.15) is 62.4 Å². The second kappa shape index (κ2) is 10.7. The van der Waals surface area contributed by atoms with Crippen molar-refractivity contribution in [1.29, 1.82) is 0 Å². The second-order valence-corrected chi connectivity index (χ2v) is 10.5. The fraction of sp³-hybridized carbons (Fsp3) is 0.481. The van der Waals surface area contributed by atoms with E-state index in [4.69, 9.17) is 4.99 Å². The largest absolute Gasteiger partial charge is 0.352 e. The van der Waals surface area contributed by atoms with Gasteiger partial charge >= 0.3 is 0 Å². The molecule has 1 amide bonds. The van der Waals surface area contributed by atoms with E-state index in [9.17, 15) is 4.79 Å². The average molecular weight is 450 g/mol. The highest BCUT2D eigenvalue weighted by Crippen LogP contribution is 2.41. The van der Waals surface area contributed by atoms with E-state index in [1.807, 2.05) is 18.2 Å². The molecule has 0 aromatic heterocycles. The molecule has 0 bridgehead atoms. The molecule has 0 unspecified atom stereocenters. The van der Waals surface area contributed by atoms with Crippen LogP contribution >= 0.6 is 11.8 Å². The Hall–Kier alpha value is -2.11. The number of nitrogens with one attached hydrogen (secondary N) is 1. The first-order chi connectivity index (χ1) is 15.5. The third-order valence-corrected chi connectivity index (χ3v) is 7.40. The summed E-state index contributed by atoms with van der Waals surface area (Å²) >= 11 is 1.74. The number of hydrogen-bond donors (Lipinski definition) is 1. The lowest BCUT2D eigenvalue weighted by molar-refractivity contribution is 0.0947. The van der Waals surface area contributed by atoms with Gasteiger partial charge in [0.05, 0.1) is 5.69 Å². The molecule has 0 saturated carbocycles. The summed E-state index contributed by atoms with van der Waals surface area (Å²) in [4.78, 5) is 22.7. The average Bonchev–Trinajstić information content (AvgIpc) is 2.92. The Bertz CT molecular complexity index is 977. The van der Waals surface area contributed by atoms with Crippen LogP contribution in [-0.2, 0) is 0 Å². The van der Waals surface area contributed by atoms with Gasteiger partial charge < -0.3 is 10.2 Å². The standard InChI is InChI=1S/C27H35N3OS/c1-4-8-23-22-9-5-6-10-25(22)32-26-12-11-21(16-24(26)29-23)27(31)28-13-7-14-30-17-19(2)15-20(3)18-30/h5-6,9-12,16,19-20H,4,7-8,13-15,17-18H2,1-3H3,(H,28,31)/t19-,20-/m1/s1. The smallest absolute Gasteiger partial charge is 0.251 e. The summed E-state index contributed by atoms with van der Waals surface area (Å²) in [6, 6.07) is 14.4. The molecule has 0 aliphatic carbocycles. The Morgan fingerprint density at radius 3 is 2.69 bits per heavy atom. The molecule has 2 heterocycles. The van der Waals surface area contributed by atoms with Gasteiger partial charge in [-0.2, -0.15) is 0 Å². The quantitative estimate of drug-likeness (QED) is 0.514. The van der Waals surface area contributed by atoms with Crippen LogP contribution in [0.5, 0.6) is 0 Å². The number of amides is 1. The Morgan fingerprint density at radius 2 is 1.91 bits per heavy atom. The topological polar surface area (TPSA) is 44.7 Å². The van der Waals surface area contributed by atoms with Crippen LogP contribution in [0.25, 0.3) is 0 Å². The summed E-state index contributed by atoms with van der Waals surface area (Å²) in [5.41, 5.74) is 3.91. The summed E-state index contributed by atoms with van der Waals surface area (Å²) in [6.07, 6.45) is 4.29. The number of nitrogens with zero attached hydrogens (tertiary/aromatic N) is 2. The Labute approximate surface area is 196 Å². The van der Waals surface area contributed by atoms with Gasteiger partial charge in [0.15, 0.2) is 0 Å². The van der Waals surface area contributed by atoms with E-state index in [1.54, 1.807) is 11.8 Å². The highest BCUT2D eigenvalue weighted by molar-refractivity contribution is 7.99. The summed E-state index contributed by atoms with van der Waals surface area (Å²) in [6.45, 7) is 11.0. The van der Waals surface area contributed by atoms with E-state index in [0.717, 1.165) is 53.9 Å². The number of hydrogen-bond acceptors (Lipinski definition) is 4. The molecule has 2 aliphatic heterocycles. The van der Waals surface area contributed by atoms with Crippen molar-refractivity contribution in [2.24, 2.45) is 16.8 Å². The third kappa shape index (κ3) is 5.62. The number of fused-ring (bicyclic) bond motifs is 2. The van der Waals surface area contributed by atoms with Gasteiger partial charge in [-0.05, 0) is 61.9 Å². The number of benzene rings is 2. The summed E-state index contributed by atoms with van der Waals surface area (Å²) in [7, 11) is 0. The van der Waals surface area contributed by atoms with Crippen molar-refractivity contribution < 1.29 is 4.79 Å². The summed E-state index contributed by atoms with van der Waals surface area (Å²) in [5, 5.41) is 3.12. The number of piperidine rings is 1. The first-order valence-corrected chi connectivity index (χ1v) is 12.8. The van der Waals surface area contributed by atoms with Gasteiger partial charge in [0, 0.05) is 46.3 Å². The van der Waals surface area contributed by atoms with Crippen LogP contribution in [-0.4, -0.2) is 42.7 Å². The second-order valence-electron chi connectivity index (χ2n) is 9.40. The molecule has 0 radical (unpaired) electrons. The molecule has 2 atom stereocenters. The molecule has 0 spiro atoms. The number of aliphatic imine (C=N–C) groups is 1. The molecule has 2 aliphatic rings. The zero-order valence-corrected chi connectivity index (χ0v) is 20.4. The molecule has 2 aromatic rings. The van der Waals surface area contributed by atoms with Crippen LogP contribution in [0.3, 0.4) is 0 Å². The minimum Gasteiger partial charge on any atom is -0.352 e. The molecule has 170 valence electrons. The maximum atomic E-state index is 12.8. The van der Waals surface area contributed by atoms with Crippen LogP contribution in [0, 0.1) is 11.8 Å². The van der Waals surface area contributed by atoms with Crippen molar-refractivity contribution in [2.75, 3.05) is 26.2 Å². The van der Waals surface area contributed by atoms with E-state index < -0.39 is 0 Å². The van der Waals surface area contributed by atoms with Gasteiger partial charge in [-0.15, -0.1) is 0 Å². The van der Waals surface area contributed by atoms with Gasteiger partial charge in [-0.25, -0.2) is 0 Å².